The lowest BCUT2D eigenvalue weighted by molar-refractivity contribution is 0.0923. The third kappa shape index (κ3) is 3.34. The number of aryl methyl sites for hydroxylation is 2. The molecule has 2 nitrogen and oxygen atoms in total. The van der Waals surface area contributed by atoms with Crippen molar-refractivity contribution in [2.24, 2.45) is 0 Å². The van der Waals surface area contributed by atoms with Gasteiger partial charge in [0, 0.05) is 10.4 Å². The third-order valence-corrected chi connectivity index (χ3v) is 3.43. The van der Waals surface area contributed by atoms with Crippen LogP contribution in [0.5, 0.6) is 0 Å². The summed E-state index contributed by atoms with van der Waals surface area (Å²) in [6.07, 6.45) is 0.999. The van der Waals surface area contributed by atoms with Crippen LogP contribution in [-0.4, -0.2) is 11.4 Å². The Morgan fingerprint density at radius 3 is 2.47 bits per heavy atom. The van der Waals surface area contributed by atoms with Crippen molar-refractivity contribution in [1.82, 2.24) is 5.32 Å². The standard InChI is InChI=1S/C12H19NOS/c1-6-9-8(2)7-10(15-9)11(14)13-12(3,4)5/h7H,6H2,1-5H3,(H,13,14). The normalized spacial score (nSPS) is 11.5. The fourth-order valence-electron chi connectivity index (χ4n) is 1.38. The van der Waals surface area contributed by atoms with Crippen LogP contribution in [0.15, 0.2) is 6.07 Å². The number of thiophene rings is 1. The summed E-state index contributed by atoms with van der Waals surface area (Å²) in [5.41, 5.74) is 1.06. The smallest absolute Gasteiger partial charge is 0.261 e. The van der Waals surface area contributed by atoms with Gasteiger partial charge in [-0.2, -0.15) is 0 Å². The molecule has 0 unspecified atom stereocenters. The first-order valence-corrected chi connectivity index (χ1v) is 6.07. The van der Waals surface area contributed by atoms with Crippen LogP contribution in [0.4, 0.5) is 0 Å². The number of amides is 1. The van der Waals surface area contributed by atoms with E-state index in [0.717, 1.165) is 11.3 Å². The quantitative estimate of drug-likeness (QED) is 0.823. The molecule has 1 heterocycles. The van der Waals surface area contributed by atoms with Gasteiger partial charge in [0.2, 0.25) is 0 Å². The topological polar surface area (TPSA) is 29.1 Å². The fourth-order valence-corrected chi connectivity index (χ4v) is 2.39. The van der Waals surface area contributed by atoms with Crippen LogP contribution in [0.3, 0.4) is 0 Å². The van der Waals surface area contributed by atoms with Crippen molar-refractivity contribution in [2.45, 2.75) is 46.6 Å². The molecule has 0 aliphatic heterocycles. The predicted octanol–water partition coefficient (Wildman–Crippen LogP) is 3.15. The van der Waals surface area contributed by atoms with Gasteiger partial charge in [0.1, 0.15) is 0 Å². The molecule has 0 bridgehead atoms. The summed E-state index contributed by atoms with van der Waals surface area (Å²) in [6.45, 7) is 10.2. The summed E-state index contributed by atoms with van der Waals surface area (Å²) in [6, 6.07) is 1.98. The van der Waals surface area contributed by atoms with Crippen LogP contribution in [0.25, 0.3) is 0 Å². The Labute approximate surface area is 95.7 Å². The lowest BCUT2D eigenvalue weighted by Gasteiger charge is -2.19. The summed E-state index contributed by atoms with van der Waals surface area (Å²) in [4.78, 5) is 14.0. The highest BCUT2D eigenvalue weighted by Gasteiger charge is 2.17. The molecule has 0 aromatic carbocycles. The zero-order chi connectivity index (χ0) is 11.6. The van der Waals surface area contributed by atoms with Crippen molar-refractivity contribution in [3.63, 3.8) is 0 Å². The highest BCUT2D eigenvalue weighted by molar-refractivity contribution is 7.14. The monoisotopic (exact) mass is 225 g/mol. The van der Waals surface area contributed by atoms with E-state index in [0.29, 0.717) is 0 Å². The molecular weight excluding hydrogens is 206 g/mol. The summed E-state index contributed by atoms with van der Waals surface area (Å²) in [7, 11) is 0. The van der Waals surface area contributed by atoms with E-state index in [1.165, 1.54) is 10.4 Å². The maximum atomic E-state index is 11.8. The Morgan fingerprint density at radius 2 is 2.07 bits per heavy atom. The number of rotatable bonds is 2. The molecule has 0 radical (unpaired) electrons. The molecule has 0 atom stereocenters. The molecule has 1 N–H and O–H groups in total. The average molecular weight is 225 g/mol. The van der Waals surface area contributed by atoms with Gasteiger partial charge in [-0.3, -0.25) is 4.79 Å². The van der Waals surface area contributed by atoms with Crippen molar-refractivity contribution in [3.8, 4) is 0 Å². The fraction of sp³-hybridized carbons (Fsp3) is 0.583. The number of nitrogens with one attached hydrogen (secondary N) is 1. The molecule has 1 aromatic heterocycles. The molecule has 15 heavy (non-hydrogen) atoms. The summed E-state index contributed by atoms with van der Waals surface area (Å²) in [5, 5.41) is 2.97. The van der Waals surface area contributed by atoms with Gasteiger partial charge < -0.3 is 5.32 Å². The van der Waals surface area contributed by atoms with Crippen LogP contribution >= 0.6 is 11.3 Å². The van der Waals surface area contributed by atoms with Gasteiger partial charge in [0.05, 0.1) is 4.88 Å². The maximum Gasteiger partial charge on any atom is 0.261 e. The van der Waals surface area contributed by atoms with Gasteiger partial charge in [0.25, 0.3) is 5.91 Å². The first-order chi connectivity index (χ1) is 6.83. The summed E-state index contributed by atoms with van der Waals surface area (Å²) >= 11 is 1.60. The van der Waals surface area contributed by atoms with Crippen LogP contribution in [-0.2, 0) is 6.42 Å². The Kier molecular flexibility index (Phi) is 3.55. The molecular formula is C12H19NOS. The molecule has 0 saturated heterocycles. The van der Waals surface area contributed by atoms with E-state index >= 15 is 0 Å². The van der Waals surface area contributed by atoms with Gasteiger partial charge in [0.15, 0.2) is 0 Å². The van der Waals surface area contributed by atoms with Crippen molar-refractivity contribution >= 4 is 17.2 Å². The van der Waals surface area contributed by atoms with Crippen molar-refractivity contribution < 1.29 is 4.79 Å². The van der Waals surface area contributed by atoms with Gasteiger partial charge in [-0.15, -0.1) is 11.3 Å². The second kappa shape index (κ2) is 4.35. The molecule has 1 rings (SSSR count). The van der Waals surface area contributed by atoms with Crippen LogP contribution in [0.1, 0.15) is 47.8 Å². The minimum absolute atomic E-state index is 0.0373. The zero-order valence-corrected chi connectivity index (χ0v) is 10.9. The minimum Gasteiger partial charge on any atom is -0.347 e. The van der Waals surface area contributed by atoms with Crippen LogP contribution in [0.2, 0.25) is 0 Å². The van der Waals surface area contributed by atoms with E-state index in [1.807, 2.05) is 26.8 Å². The Balaban J connectivity index is 2.83. The first-order valence-electron chi connectivity index (χ1n) is 5.25. The third-order valence-electron chi connectivity index (χ3n) is 2.05. The number of hydrogen-bond donors (Lipinski definition) is 1. The molecule has 0 saturated carbocycles. The van der Waals surface area contributed by atoms with Crippen molar-refractivity contribution in [2.75, 3.05) is 0 Å². The zero-order valence-electron chi connectivity index (χ0n) is 10.1. The Morgan fingerprint density at radius 1 is 1.47 bits per heavy atom. The second-order valence-electron chi connectivity index (χ2n) is 4.77. The lowest BCUT2D eigenvalue weighted by atomic mass is 10.1. The predicted molar refractivity (Wildman–Crippen MR) is 65.7 cm³/mol. The molecule has 0 aliphatic rings. The minimum atomic E-state index is -0.165. The first kappa shape index (κ1) is 12.2. The van der Waals surface area contributed by atoms with E-state index in [1.54, 1.807) is 11.3 Å². The molecule has 84 valence electrons. The Bertz CT molecular complexity index is 360. The van der Waals surface area contributed by atoms with Gasteiger partial charge in [-0.05, 0) is 45.7 Å². The van der Waals surface area contributed by atoms with E-state index in [-0.39, 0.29) is 11.4 Å². The van der Waals surface area contributed by atoms with Crippen molar-refractivity contribution in [3.05, 3.63) is 21.4 Å². The maximum absolute atomic E-state index is 11.8. The number of hydrogen-bond acceptors (Lipinski definition) is 2. The van der Waals surface area contributed by atoms with Gasteiger partial charge in [-0.1, -0.05) is 6.92 Å². The number of carbonyl (C=O) groups is 1. The molecule has 0 aliphatic carbocycles. The van der Waals surface area contributed by atoms with E-state index in [9.17, 15) is 4.79 Å². The lowest BCUT2D eigenvalue weighted by Crippen LogP contribution is -2.40. The SMILES string of the molecule is CCc1sc(C(=O)NC(C)(C)C)cc1C. The van der Waals surface area contributed by atoms with E-state index in [2.05, 4.69) is 19.2 Å². The van der Waals surface area contributed by atoms with Gasteiger partial charge >= 0.3 is 0 Å². The highest BCUT2D eigenvalue weighted by Crippen LogP contribution is 2.22. The van der Waals surface area contributed by atoms with E-state index in [4.69, 9.17) is 0 Å². The van der Waals surface area contributed by atoms with E-state index < -0.39 is 0 Å². The molecule has 3 heteroatoms. The largest absolute Gasteiger partial charge is 0.347 e. The highest BCUT2D eigenvalue weighted by atomic mass is 32.1. The summed E-state index contributed by atoms with van der Waals surface area (Å²) < 4.78 is 0. The average Bonchev–Trinajstić information content (AvgIpc) is 2.43. The second-order valence-corrected chi connectivity index (χ2v) is 5.91. The number of carbonyl (C=O) groups excluding carboxylic acids is 1. The summed E-state index contributed by atoms with van der Waals surface area (Å²) in [5.74, 6) is 0.0373. The van der Waals surface area contributed by atoms with Crippen molar-refractivity contribution in [1.29, 1.82) is 0 Å². The molecule has 1 aromatic rings. The molecule has 0 spiro atoms. The Hall–Kier alpha value is -0.830. The van der Waals surface area contributed by atoms with Crippen LogP contribution in [0, 0.1) is 6.92 Å². The molecule has 1 amide bonds. The molecule has 0 fully saturated rings. The van der Waals surface area contributed by atoms with Crippen LogP contribution < -0.4 is 5.32 Å². The van der Waals surface area contributed by atoms with Gasteiger partial charge in [-0.25, -0.2) is 0 Å².